The highest BCUT2D eigenvalue weighted by atomic mass is 32.2. The Morgan fingerprint density at radius 2 is 2.20 bits per heavy atom. The number of benzene rings is 1. The van der Waals surface area contributed by atoms with Crippen LogP contribution in [0.1, 0.15) is 26.2 Å². The van der Waals surface area contributed by atoms with Gasteiger partial charge in [0, 0.05) is 37.3 Å². The summed E-state index contributed by atoms with van der Waals surface area (Å²) in [5, 5.41) is 3.08. The number of hydrogen-bond donors (Lipinski definition) is 0. The third-order valence-electron chi connectivity index (χ3n) is 3.09. The predicted molar refractivity (Wildman–Crippen MR) is 81.1 cm³/mol. The molecule has 2 rings (SSSR count). The van der Waals surface area contributed by atoms with Gasteiger partial charge in [0.05, 0.1) is 0 Å². The van der Waals surface area contributed by atoms with E-state index in [0.29, 0.717) is 26.0 Å². The minimum atomic E-state index is -0.0453. The maximum atomic E-state index is 11.7. The van der Waals surface area contributed by atoms with Gasteiger partial charge < -0.3 is 9.64 Å². The second-order valence-electron chi connectivity index (χ2n) is 4.48. The summed E-state index contributed by atoms with van der Waals surface area (Å²) < 4.78 is 5.56. The molecule has 0 saturated carbocycles. The van der Waals surface area contributed by atoms with Gasteiger partial charge in [-0.2, -0.15) is 0 Å². The predicted octanol–water partition coefficient (Wildman–Crippen LogP) is 3.11. The van der Waals surface area contributed by atoms with E-state index in [1.54, 1.807) is 0 Å². The van der Waals surface area contributed by atoms with Crippen molar-refractivity contribution in [3.05, 3.63) is 30.3 Å². The molecular weight excluding hydrogens is 270 g/mol. The average Bonchev–Trinajstić information content (AvgIpc) is 2.81. The lowest BCUT2D eigenvalue weighted by atomic mass is 10.3. The van der Waals surface area contributed by atoms with E-state index in [2.05, 4.69) is 11.2 Å². The SMILES string of the molecule is CCOC1CCC(=O)N1CCC#CSc1ccccc1. The molecule has 0 aromatic heterocycles. The van der Waals surface area contributed by atoms with Crippen LogP contribution in [0.3, 0.4) is 0 Å². The van der Waals surface area contributed by atoms with Gasteiger partial charge in [-0.05, 0) is 36.1 Å². The van der Waals surface area contributed by atoms with E-state index in [1.165, 1.54) is 11.8 Å². The second kappa shape index (κ2) is 7.98. The van der Waals surface area contributed by atoms with Gasteiger partial charge in [-0.15, -0.1) is 0 Å². The van der Waals surface area contributed by atoms with Gasteiger partial charge in [0.25, 0.3) is 0 Å². The highest BCUT2D eigenvalue weighted by molar-refractivity contribution is 8.03. The molecule has 0 radical (unpaired) electrons. The van der Waals surface area contributed by atoms with Crippen LogP contribution in [0.2, 0.25) is 0 Å². The van der Waals surface area contributed by atoms with Crippen LogP contribution >= 0.6 is 11.8 Å². The van der Waals surface area contributed by atoms with Gasteiger partial charge in [0.2, 0.25) is 5.91 Å². The van der Waals surface area contributed by atoms with Crippen molar-refractivity contribution in [3.8, 4) is 11.2 Å². The van der Waals surface area contributed by atoms with Gasteiger partial charge in [-0.25, -0.2) is 0 Å². The standard InChI is InChI=1S/C16H19NO2S/c1-2-19-16-11-10-15(18)17(16)12-6-7-13-20-14-8-4-3-5-9-14/h3-5,8-9,16H,2,6,10-12H2,1H3. The number of carbonyl (C=O) groups excluding carboxylic acids is 1. The van der Waals surface area contributed by atoms with Gasteiger partial charge in [0.15, 0.2) is 0 Å². The molecule has 1 heterocycles. The van der Waals surface area contributed by atoms with Crippen molar-refractivity contribution in [2.24, 2.45) is 0 Å². The lowest BCUT2D eigenvalue weighted by Crippen LogP contribution is -2.35. The largest absolute Gasteiger partial charge is 0.359 e. The molecule has 1 aromatic carbocycles. The van der Waals surface area contributed by atoms with Crippen LogP contribution in [-0.4, -0.2) is 30.2 Å². The van der Waals surface area contributed by atoms with Gasteiger partial charge in [-0.3, -0.25) is 4.79 Å². The van der Waals surface area contributed by atoms with Crippen LogP contribution in [0.15, 0.2) is 35.2 Å². The Bertz CT molecular complexity index is 492. The normalized spacial score (nSPS) is 17.9. The van der Waals surface area contributed by atoms with Crippen molar-refractivity contribution in [3.63, 3.8) is 0 Å². The quantitative estimate of drug-likeness (QED) is 0.616. The summed E-state index contributed by atoms with van der Waals surface area (Å²) in [6, 6.07) is 10.1. The Balaban J connectivity index is 1.76. The number of likely N-dealkylation sites (tertiary alicyclic amines) is 1. The van der Waals surface area contributed by atoms with Gasteiger partial charge in [-0.1, -0.05) is 24.1 Å². The van der Waals surface area contributed by atoms with Crippen molar-refractivity contribution in [2.75, 3.05) is 13.2 Å². The maximum absolute atomic E-state index is 11.7. The summed E-state index contributed by atoms with van der Waals surface area (Å²) in [4.78, 5) is 14.7. The highest BCUT2D eigenvalue weighted by Gasteiger charge is 2.30. The maximum Gasteiger partial charge on any atom is 0.224 e. The number of carbonyl (C=O) groups is 1. The zero-order chi connectivity index (χ0) is 14.2. The summed E-state index contributed by atoms with van der Waals surface area (Å²) in [5.41, 5.74) is 0. The number of ether oxygens (including phenoxy) is 1. The molecule has 3 nitrogen and oxygen atoms in total. The fourth-order valence-corrected chi connectivity index (χ4v) is 2.74. The monoisotopic (exact) mass is 289 g/mol. The molecule has 1 aliphatic rings. The topological polar surface area (TPSA) is 29.5 Å². The lowest BCUT2D eigenvalue weighted by Gasteiger charge is -2.23. The first-order chi connectivity index (χ1) is 9.81. The molecule has 1 fully saturated rings. The smallest absolute Gasteiger partial charge is 0.224 e. The van der Waals surface area contributed by atoms with E-state index in [9.17, 15) is 4.79 Å². The molecule has 106 valence electrons. The molecule has 0 spiro atoms. The molecule has 1 aliphatic heterocycles. The fraction of sp³-hybridized carbons (Fsp3) is 0.438. The van der Waals surface area contributed by atoms with Gasteiger partial charge in [0.1, 0.15) is 6.23 Å². The van der Waals surface area contributed by atoms with Crippen molar-refractivity contribution >= 4 is 17.7 Å². The zero-order valence-corrected chi connectivity index (χ0v) is 12.5. The van der Waals surface area contributed by atoms with E-state index in [-0.39, 0.29) is 12.1 Å². The molecule has 20 heavy (non-hydrogen) atoms. The highest BCUT2D eigenvalue weighted by Crippen LogP contribution is 2.20. The number of rotatable bonds is 5. The molecule has 1 aromatic rings. The number of hydrogen-bond acceptors (Lipinski definition) is 3. The minimum Gasteiger partial charge on any atom is -0.359 e. The van der Waals surface area contributed by atoms with E-state index in [4.69, 9.17) is 4.74 Å². The molecule has 0 aliphatic carbocycles. The summed E-state index contributed by atoms with van der Waals surface area (Å²) >= 11 is 1.52. The molecule has 4 heteroatoms. The number of thioether (sulfide) groups is 1. The summed E-state index contributed by atoms with van der Waals surface area (Å²) in [6.07, 6.45) is 2.04. The molecule has 0 N–H and O–H groups in total. The number of amides is 1. The molecule has 1 unspecified atom stereocenters. The Morgan fingerprint density at radius 1 is 1.40 bits per heavy atom. The first-order valence-electron chi connectivity index (χ1n) is 6.92. The molecular formula is C16H19NO2S. The Labute approximate surface area is 124 Å². The van der Waals surface area contributed by atoms with E-state index in [0.717, 1.165) is 11.3 Å². The average molecular weight is 289 g/mol. The van der Waals surface area contributed by atoms with Crippen LogP contribution < -0.4 is 0 Å². The van der Waals surface area contributed by atoms with Crippen LogP contribution in [0.4, 0.5) is 0 Å². The van der Waals surface area contributed by atoms with Crippen molar-refractivity contribution < 1.29 is 9.53 Å². The molecule has 1 atom stereocenters. The Hall–Kier alpha value is -1.44. The number of nitrogens with zero attached hydrogens (tertiary/aromatic N) is 1. The second-order valence-corrected chi connectivity index (χ2v) is 5.36. The van der Waals surface area contributed by atoms with Crippen molar-refractivity contribution in [1.29, 1.82) is 0 Å². The summed E-state index contributed by atoms with van der Waals surface area (Å²) in [6.45, 7) is 3.26. The van der Waals surface area contributed by atoms with Crippen molar-refractivity contribution in [1.82, 2.24) is 4.90 Å². The first kappa shape index (κ1) is 15.0. The molecule has 0 bridgehead atoms. The molecule has 1 saturated heterocycles. The van der Waals surface area contributed by atoms with Crippen molar-refractivity contribution in [2.45, 2.75) is 37.3 Å². The third-order valence-corrected chi connectivity index (χ3v) is 3.85. The Kier molecular flexibility index (Phi) is 5.97. The van der Waals surface area contributed by atoms with Crippen LogP contribution in [0, 0.1) is 11.2 Å². The van der Waals surface area contributed by atoms with E-state index in [1.807, 2.05) is 42.2 Å². The molecule has 1 amide bonds. The first-order valence-corrected chi connectivity index (χ1v) is 7.73. The van der Waals surface area contributed by atoms with Gasteiger partial charge >= 0.3 is 0 Å². The van der Waals surface area contributed by atoms with Crippen LogP contribution in [-0.2, 0) is 9.53 Å². The zero-order valence-electron chi connectivity index (χ0n) is 11.7. The fourth-order valence-electron chi connectivity index (χ4n) is 2.15. The van der Waals surface area contributed by atoms with Crippen LogP contribution in [0.5, 0.6) is 0 Å². The van der Waals surface area contributed by atoms with Crippen LogP contribution in [0.25, 0.3) is 0 Å². The minimum absolute atomic E-state index is 0.0453. The summed E-state index contributed by atoms with van der Waals surface area (Å²) in [5.74, 6) is 3.29. The lowest BCUT2D eigenvalue weighted by molar-refractivity contribution is -0.135. The third kappa shape index (κ3) is 4.29. The summed E-state index contributed by atoms with van der Waals surface area (Å²) in [7, 11) is 0. The Morgan fingerprint density at radius 3 is 2.95 bits per heavy atom. The van der Waals surface area contributed by atoms with E-state index < -0.39 is 0 Å². The van der Waals surface area contributed by atoms with E-state index >= 15 is 0 Å².